The summed E-state index contributed by atoms with van der Waals surface area (Å²) in [7, 11) is 0. The van der Waals surface area contributed by atoms with Crippen LogP contribution < -0.4 is 15.2 Å². The van der Waals surface area contributed by atoms with E-state index in [1.54, 1.807) is 6.07 Å². The number of benzene rings is 1. The first-order valence-corrected chi connectivity index (χ1v) is 6.58. The minimum Gasteiger partial charge on any atom is -0.490 e. The minimum absolute atomic E-state index is 0.274. The third-order valence-electron chi connectivity index (χ3n) is 3.86. The van der Waals surface area contributed by atoms with E-state index in [0.717, 1.165) is 32.1 Å². The minimum atomic E-state index is -0.594. The first-order chi connectivity index (χ1) is 8.71. The highest BCUT2D eigenvalue weighted by atomic mass is 19.1. The fourth-order valence-electron chi connectivity index (χ4n) is 2.93. The van der Waals surface area contributed by atoms with Crippen LogP contribution >= 0.6 is 0 Å². The summed E-state index contributed by atoms with van der Waals surface area (Å²) in [5.41, 5.74) is 6.30. The molecule has 2 N–H and O–H groups in total. The van der Waals surface area contributed by atoms with Crippen LogP contribution in [-0.2, 0) is 5.54 Å². The van der Waals surface area contributed by atoms with E-state index in [-0.39, 0.29) is 5.82 Å². The maximum atomic E-state index is 14.2. The number of hydrogen-bond acceptors (Lipinski definition) is 3. The van der Waals surface area contributed by atoms with E-state index >= 15 is 0 Å². The van der Waals surface area contributed by atoms with Crippen LogP contribution in [0.4, 0.5) is 4.39 Å². The predicted octanol–water partition coefficient (Wildman–Crippen LogP) is 2.72. The maximum absolute atomic E-state index is 14.2. The molecule has 1 heterocycles. The summed E-state index contributed by atoms with van der Waals surface area (Å²) in [6, 6.07) is 3.08. The Hall–Kier alpha value is -1.29. The van der Waals surface area contributed by atoms with Crippen molar-refractivity contribution in [2.45, 2.75) is 37.6 Å². The molecule has 0 bridgehead atoms. The fraction of sp³-hybridized carbons (Fsp3) is 0.571. The largest absolute Gasteiger partial charge is 0.490 e. The van der Waals surface area contributed by atoms with E-state index in [4.69, 9.17) is 15.2 Å². The van der Waals surface area contributed by atoms with Gasteiger partial charge in [-0.25, -0.2) is 4.39 Å². The van der Waals surface area contributed by atoms with Gasteiger partial charge in [0, 0.05) is 12.0 Å². The van der Waals surface area contributed by atoms with Gasteiger partial charge in [0.05, 0.1) is 18.8 Å². The zero-order valence-electron chi connectivity index (χ0n) is 10.4. The van der Waals surface area contributed by atoms with E-state index in [1.165, 1.54) is 6.07 Å². The molecule has 1 saturated carbocycles. The summed E-state index contributed by atoms with van der Waals surface area (Å²) >= 11 is 0. The number of fused-ring (bicyclic) bond motifs is 1. The predicted molar refractivity (Wildman–Crippen MR) is 66.3 cm³/mol. The molecule has 1 aliphatic heterocycles. The van der Waals surface area contributed by atoms with Crippen LogP contribution in [0.25, 0.3) is 0 Å². The van der Waals surface area contributed by atoms with Crippen LogP contribution in [-0.4, -0.2) is 13.2 Å². The molecule has 1 aromatic carbocycles. The topological polar surface area (TPSA) is 44.5 Å². The average molecular weight is 251 g/mol. The maximum Gasteiger partial charge on any atom is 0.169 e. The van der Waals surface area contributed by atoms with Crippen molar-refractivity contribution in [1.29, 1.82) is 0 Å². The Kier molecular flexibility index (Phi) is 2.90. The van der Waals surface area contributed by atoms with Gasteiger partial charge in [-0.2, -0.15) is 0 Å². The summed E-state index contributed by atoms with van der Waals surface area (Å²) in [6.45, 7) is 1.16. The number of halogens is 1. The molecule has 2 aliphatic rings. The second kappa shape index (κ2) is 4.43. The van der Waals surface area contributed by atoms with Crippen LogP contribution in [0.15, 0.2) is 12.1 Å². The Bertz CT molecular complexity index is 455. The van der Waals surface area contributed by atoms with E-state index in [9.17, 15) is 4.39 Å². The summed E-state index contributed by atoms with van der Waals surface area (Å²) in [4.78, 5) is 0. The lowest BCUT2D eigenvalue weighted by Crippen LogP contribution is -2.34. The molecule has 98 valence electrons. The van der Waals surface area contributed by atoms with Crippen molar-refractivity contribution in [3.8, 4) is 11.5 Å². The number of rotatable bonds is 1. The van der Waals surface area contributed by atoms with Gasteiger partial charge >= 0.3 is 0 Å². The van der Waals surface area contributed by atoms with E-state index in [2.05, 4.69) is 0 Å². The number of ether oxygens (including phenoxy) is 2. The molecule has 4 heteroatoms. The first-order valence-electron chi connectivity index (χ1n) is 6.58. The van der Waals surface area contributed by atoms with Crippen molar-refractivity contribution in [1.82, 2.24) is 0 Å². The Morgan fingerprint density at radius 2 is 1.78 bits per heavy atom. The highest BCUT2D eigenvalue weighted by Gasteiger charge is 2.38. The molecule has 1 aliphatic carbocycles. The number of hydrogen-bond donors (Lipinski definition) is 1. The Balaban J connectivity index is 2.12. The third-order valence-corrected chi connectivity index (χ3v) is 3.86. The van der Waals surface area contributed by atoms with Gasteiger partial charge in [0.15, 0.2) is 11.5 Å². The van der Waals surface area contributed by atoms with Crippen molar-refractivity contribution >= 4 is 0 Å². The quantitative estimate of drug-likeness (QED) is 0.834. The van der Waals surface area contributed by atoms with Crippen molar-refractivity contribution in [2.24, 2.45) is 5.73 Å². The molecule has 0 atom stereocenters. The lowest BCUT2D eigenvalue weighted by molar-refractivity contribution is 0.291. The highest BCUT2D eigenvalue weighted by molar-refractivity contribution is 5.51. The fourth-order valence-corrected chi connectivity index (χ4v) is 2.93. The normalized spacial score (nSPS) is 21.7. The molecule has 0 unspecified atom stereocenters. The van der Waals surface area contributed by atoms with Gasteiger partial charge in [-0.3, -0.25) is 0 Å². The summed E-state index contributed by atoms with van der Waals surface area (Å²) in [5, 5.41) is 0. The van der Waals surface area contributed by atoms with Crippen molar-refractivity contribution in [2.75, 3.05) is 13.2 Å². The molecular formula is C14H18FNO2. The zero-order chi connectivity index (χ0) is 12.6. The Labute approximate surface area is 106 Å². The summed E-state index contributed by atoms with van der Waals surface area (Å²) < 4.78 is 25.5. The second-order valence-corrected chi connectivity index (χ2v) is 5.16. The second-order valence-electron chi connectivity index (χ2n) is 5.16. The molecule has 3 nitrogen and oxygen atoms in total. The molecule has 1 aromatic rings. The molecule has 18 heavy (non-hydrogen) atoms. The Morgan fingerprint density at radius 3 is 2.56 bits per heavy atom. The van der Waals surface area contributed by atoms with Gasteiger partial charge in [0.2, 0.25) is 0 Å². The van der Waals surface area contributed by atoms with Gasteiger partial charge in [0.25, 0.3) is 0 Å². The summed E-state index contributed by atoms with van der Waals surface area (Å²) in [6.07, 6.45) is 4.52. The highest BCUT2D eigenvalue weighted by Crippen LogP contribution is 2.46. The Morgan fingerprint density at radius 1 is 1.06 bits per heavy atom. The number of nitrogens with two attached hydrogens (primary N) is 1. The monoisotopic (exact) mass is 251 g/mol. The van der Waals surface area contributed by atoms with Crippen molar-refractivity contribution < 1.29 is 13.9 Å². The van der Waals surface area contributed by atoms with Crippen LogP contribution in [0.1, 0.15) is 37.7 Å². The average Bonchev–Trinajstić information content (AvgIpc) is 2.65. The molecule has 3 rings (SSSR count). The lowest BCUT2D eigenvalue weighted by atomic mass is 9.88. The van der Waals surface area contributed by atoms with E-state index in [1.807, 2.05) is 0 Å². The molecule has 0 spiro atoms. The smallest absolute Gasteiger partial charge is 0.169 e. The van der Waals surface area contributed by atoms with Crippen molar-refractivity contribution in [3.05, 3.63) is 23.5 Å². The molecule has 1 fully saturated rings. The zero-order valence-corrected chi connectivity index (χ0v) is 10.4. The van der Waals surface area contributed by atoms with Crippen LogP contribution in [0.5, 0.6) is 11.5 Å². The lowest BCUT2D eigenvalue weighted by Gasteiger charge is -2.27. The molecule has 0 amide bonds. The van der Waals surface area contributed by atoms with Gasteiger partial charge in [-0.15, -0.1) is 0 Å². The van der Waals surface area contributed by atoms with Gasteiger partial charge in [-0.05, 0) is 25.0 Å². The van der Waals surface area contributed by atoms with Crippen LogP contribution in [0.3, 0.4) is 0 Å². The molecule has 0 saturated heterocycles. The molecular weight excluding hydrogens is 233 g/mol. The van der Waals surface area contributed by atoms with E-state index in [0.29, 0.717) is 30.3 Å². The standard InChI is InChI=1S/C14H18FNO2/c15-10-4-5-11-13(18-9-3-8-17-11)12(10)14(16)6-1-2-7-14/h4-5H,1-3,6-9,16H2. The first kappa shape index (κ1) is 11.8. The molecule has 0 radical (unpaired) electrons. The van der Waals surface area contributed by atoms with Crippen LogP contribution in [0, 0.1) is 5.82 Å². The van der Waals surface area contributed by atoms with Crippen molar-refractivity contribution in [3.63, 3.8) is 0 Å². The van der Waals surface area contributed by atoms with E-state index < -0.39 is 5.54 Å². The summed E-state index contributed by atoms with van der Waals surface area (Å²) in [5.74, 6) is 0.876. The van der Waals surface area contributed by atoms with Crippen LogP contribution in [0.2, 0.25) is 0 Å². The SMILES string of the molecule is NC1(c2c(F)ccc3c2OCCCO3)CCCC1. The van der Waals surface area contributed by atoms with Gasteiger partial charge in [0.1, 0.15) is 5.82 Å². The molecule has 0 aromatic heterocycles. The van der Waals surface area contributed by atoms with Gasteiger partial charge in [-0.1, -0.05) is 12.8 Å². The third kappa shape index (κ3) is 1.85. The van der Waals surface area contributed by atoms with Gasteiger partial charge < -0.3 is 15.2 Å².